The predicted octanol–water partition coefficient (Wildman–Crippen LogP) is 2.64. The number of thiocarbonyl (C=S) groups is 1. The van der Waals surface area contributed by atoms with Crippen LogP contribution in [0.1, 0.15) is 12.0 Å². The van der Waals surface area contributed by atoms with Crippen LogP contribution in [0.3, 0.4) is 0 Å². The van der Waals surface area contributed by atoms with Gasteiger partial charge in [-0.05, 0) is 18.6 Å². The summed E-state index contributed by atoms with van der Waals surface area (Å²) in [4.78, 5) is 27.2. The summed E-state index contributed by atoms with van der Waals surface area (Å²) >= 11 is 6.63. The highest BCUT2D eigenvalue weighted by Gasteiger charge is 2.31. The van der Waals surface area contributed by atoms with Gasteiger partial charge in [-0.25, -0.2) is 0 Å². The number of carbonyl (C=O) groups excluding carboxylic acids is 2. The van der Waals surface area contributed by atoms with Crippen molar-refractivity contribution >= 4 is 57.1 Å². The maximum Gasteiger partial charge on any atom is 0.266 e. The van der Waals surface area contributed by atoms with Crippen molar-refractivity contribution in [2.45, 2.75) is 13.0 Å². The summed E-state index contributed by atoms with van der Waals surface area (Å²) in [6, 6.07) is 7.83. The van der Waals surface area contributed by atoms with E-state index < -0.39 is 0 Å². The van der Waals surface area contributed by atoms with Crippen LogP contribution in [0.15, 0.2) is 35.4 Å². The topological polar surface area (TPSA) is 72.8 Å². The van der Waals surface area contributed by atoms with Crippen LogP contribution >= 0.6 is 24.0 Å². The maximum atomic E-state index is 12.7. The molecule has 0 aliphatic carbocycles. The lowest BCUT2D eigenvalue weighted by Gasteiger charge is -2.12. The Hall–Kier alpha value is -2.20. The van der Waals surface area contributed by atoms with Crippen molar-refractivity contribution in [1.82, 2.24) is 14.8 Å². The molecule has 0 spiro atoms. The molecule has 1 aliphatic heterocycles. The van der Waals surface area contributed by atoms with Crippen molar-refractivity contribution in [3.63, 3.8) is 0 Å². The summed E-state index contributed by atoms with van der Waals surface area (Å²) in [7, 11) is 3.23. The van der Waals surface area contributed by atoms with Crippen LogP contribution in [-0.2, 0) is 25.6 Å². The number of thioether (sulfide) groups is 1. The lowest BCUT2D eigenvalue weighted by Crippen LogP contribution is -2.31. The SMILES string of the molecule is COCCCNC(=O)Cn1cc(/C=C2/SC(=S)N(CCOC)C2=O)c2ccccc21. The van der Waals surface area contributed by atoms with Gasteiger partial charge in [-0.1, -0.05) is 42.2 Å². The normalized spacial score (nSPS) is 15.5. The quantitative estimate of drug-likeness (QED) is 0.343. The number of nitrogens with one attached hydrogen (secondary N) is 1. The molecule has 7 nitrogen and oxygen atoms in total. The number of ether oxygens (including phenoxy) is 2. The molecule has 1 fully saturated rings. The fourth-order valence-corrected chi connectivity index (χ4v) is 4.49. The molecule has 0 atom stereocenters. The molecule has 1 saturated heterocycles. The van der Waals surface area contributed by atoms with Crippen LogP contribution in [0.25, 0.3) is 17.0 Å². The molecule has 9 heteroatoms. The van der Waals surface area contributed by atoms with Crippen LogP contribution in [0.4, 0.5) is 0 Å². The molecule has 30 heavy (non-hydrogen) atoms. The zero-order valence-corrected chi connectivity index (χ0v) is 18.7. The summed E-state index contributed by atoms with van der Waals surface area (Å²) in [5.74, 6) is -0.181. The molecule has 1 aromatic heterocycles. The van der Waals surface area contributed by atoms with Crippen molar-refractivity contribution < 1.29 is 19.1 Å². The van der Waals surface area contributed by atoms with E-state index in [1.165, 1.54) is 11.8 Å². The number of para-hydroxylation sites is 1. The molecule has 0 unspecified atom stereocenters. The number of methoxy groups -OCH3 is 2. The summed E-state index contributed by atoms with van der Waals surface area (Å²) in [6.45, 7) is 2.25. The van der Waals surface area contributed by atoms with E-state index in [0.717, 1.165) is 22.9 Å². The zero-order chi connectivity index (χ0) is 21.5. The van der Waals surface area contributed by atoms with Crippen molar-refractivity contribution in [2.75, 3.05) is 40.5 Å². The number of rotatable bonds is 10. The highest BCUT2D eigenvalue weighted by atomic mass is 32.2. The molecule has 1 aromatic carbocycles. The molecule has 3 rings (SSSR count). The Morgan fingerprint density at radius 2 is 2.00 bits per heavy atom. The molecular formula is C21H25N3O4S2. The number of carbonyl (C=O) groups is 2. The second-order valence-corrected chi connectivity index (χ2v) is 8.43. The molecular weight excluding hydrogens is 422 g/mol. The second kappa shape index (κ2) is 10.7. The van der Waals surface area contributed by atoms with Crippen molar-refractivity contribution in [3.05, 3.63) is 40.9 Å². The first-order valence-corrected chi connectivity index (χ1v) is 10.9. The van der Waals surface area contributed by atoms with Crippen LogP contribution in [0.5, 0.6) is 0 Å². The lowest BCUT2D eigenvalue weighted by atomic mass is 10.1. The Morgan fingerprint density at radius 1 is 1.23 bits per heavy atom. The minimum absolute atomic E-state index is 0.0655. The Morgan fingerprint density at radius 3 is 2.77 bits per heavy atom. The number of hydrogen-bond donors (Lipinski definition) is 1. The third kappa shape index (κ3) is 5.28. The van der Waals surface area contributed by atoms with Gasteiger partial charge in [-0.15, -0.1) is 0 Å². The summed E-state index contributed by atoms with van der Waals surface area (Å²) in [6.07, 6.45) is 4.52. The first-order chi connectivity index (χ1) is 14.5. The van der Waals surface area contributed by atoms with Crippen LogP contribution < -0.4 is 5.32 Å². The van der Waals surface area contributed by atoms with Gasteiger partial charge >= 0.3 is 0 Å². The number of benzene rings is 1. The standard InChI is InChI=1S/C21H25N3O4S2/c1-27-10-5-8-22-19(25)14-23-13-15(16-6-3-4-7-17(16)23)12-18-20(26)24(9-11-28-2)21(29)30-18/h3-4,6-7,12-13H,5,8-11,14H2,1-2H3,(H,22,25)/b18-12+. The Balaban J connectivity index is 1.80. The summed E-state index contributed by atoms with van der Waals surface area (Å²) in [5, 5.41) is 3.88. The Bertz CT molecular complexity index is 970. The highest BCUT2D eigenvalue weighted by molar-refractivity contribution is 8.26. The fourth-order valence-electron chi connectivity index (χ4n) is 3.19. The van der Waals surface area contributed by atoms with E-state index in [1.54, 1.807) is 19.1 Å². The Labute approximate surface area is 185 Å². The lowest BCUT2D eigenvalue weighted by molar-refractivity contribution is -0.123. The van der Waals surface area contributed by atoms with E-state index in [1.807, 2.05) is 41.1 Å². The predicted molar refractivity (Wildman–Crippen MR) is 123 cm³/mol. The number of amides is 2. The van der Waals surface area contributed by atoms with Gasteiger partial charge in [0.05, 0.1) is 18.1 Å². The zero-order valence-electron chi connectivity index (χ0n) is 17.1. The Kier molecular flexibility index (Phi) is 8.03. The first kappa shape index (κ1) is 22.5. The molecule has 0 saturated carbocycles. The minimum Gasteiger partial charge on any atom is -0.385 e. The van der Waals surface area contributed by atoms with Gasteiger partial charge in [0, 0.05) is 50.0 Å². The number of nitrogens with zero attached hydrogens (tertiary/aromatic N) is 2. The van der Waals surface area contributed by atoms with Crippen molar-refractivity contribution in [2.24, 2.45) is 0 Å². The van der Waals surface area contributed by atoms with E-state index in [-0.39, 0.29) is 18.4 Å². The van der Waals surface area contributed by atoms with Gasteiger partial charge in [-0.3, -0.25) is 14.5 Å². The number of hydrogen-bond acceptors (Lipinski definition) is 6. The fraction of sp³-hybridized carbons (Fsp3) is 0.381. The number of fused-ring (bicyclic) bond motifs is 1. The molecule has 0 bridgehead atoms. The van der Waals surface area contributed by atoms with E-state index in [0.29, 0.717) is 35.5 Å². The third-order valence-corrected chi connectivity index (χ3v) is 6.04. The minimum atomic E-state index is -0.116. The average Bonchev–Trinajstić information content (AvgIpc) is 3.21. The molecule has 0 radical (unpaired) electrons. The third-order valence-electron chi connectivity index (χ3n) is 4.66. The summed E-state index contributed by atoms with van der Waals surface area (Å²) in [5.41, 5.74) is 1.82. The van der Waals surface area contributed by atoms with E-state index in [2.05, 4.69) is 5.32 Å². The van der Waals surface area contributed by atoms with E-state index in [4.69, 9.17) is 21.7 Å². The molecule has 1 N–H and O–H groups in total. The van der Waals surface area contributed by atoms with Gasteiger partial charge < -0.3 is 19.4 Å². The van der Waals surface area contributed by atoms with Gasteiger partial charge in [0.2, 0.25) is 5.91 Å². The second-order valence-electron chi connectivity index (χ2n) is 6.75. The highest BCUT2D eigenvalue weighted by Crippen LogP contribution is 2.34. The van der Waals surface area contributed by atoms with Gasteiger partial charge in [0.25, 0.3) is 5.91 Å². The first-order valence-electron chi connectivity index (χ1n) is 9.63. The van der Waals surface area contributed by atoms with Crippen LogP contribution in [-0.4, -0.2) is 66.1 Å². The van der Waals surface area contributed by atoms with Gasteiger partial charge in [-0.2, -0.15) is 0 Å². The molecule has 160 valence electrons. The smallest absolute Gasteiger partial charge is 0.266 e. The van der Waals surface area contributed by atoms with Crippen LogP contribution in [0.2, 0.25) is 0 Å². The summed E-state index contributed by atoms with van der Waals surface area (Å²) < 4.78 is 12.5. The van der Waals surface area contributed by atoms with E-state index >= 15 is 0 Å². The number of aromatic nitrogens is 1. The van der Waals surface area contributed by atoms with Crippen LogP contribution in [0, 0.1) is 0 Å². The largest absolute Gasteiger partial charge is 0.385 e. The van der Waals surface area contributed by atoms with Crippen molar-refractivity contribution in [1.29, 1.82) is 0 Å². The molecule has 1 aliphatic rings. The van der Waals surface area contributed by atoms with E-state index in [9.17, 15) is 9.59 Å². The maximum absolute atomic E-state index is 12.7. The molecule has 2 aromatic rings. The van der Waals surface area contributed by atoms with Crippen molar-refractivity contribution in [3.8, 4) is 0 Å². The monoisotopic (exact) mass is 447 g/mol. The average molecular weight is 448 g/mol. The van der Waals surface area contributed by atoms with Gasteiger partial charge in [0.15, 0.2) is 0 Å². The molecule has 2 amide bonds. The molecule has 2 heterocycles. The van der Waals surface area contributed by atoms with Gasteiger partial charge in [0.1, 0.15) is 10.9 Å².